The molecule has 0 unspecified atom stereocenters. The quantitative estimate of drug-likeness (QED) is 0.678. The average molecular weight is 181 g/mol. The van der Waals surface area contributed by atoms with Gasteiger partial charge in [0.2, 0.25) is 0 Å². The van der Waals surface area contributed by atoms with Gasteiger partial charge in [-0.3, -0.25) is 0 Å². The van der Waals surface area contributed by atoms with E-state index in [4.69, 9.17) is 0 Å². The second-order valence-electron chi connectivity index (χ2n) is 3.42. The van der Waals surface area contributed by atoms with Gasteiger partial charge in [0, 0.05) is 5.41 Å². The molecule has 0 atom stereocenters. The third-order valence-corrected chi connectivity index (χ3v) is 2.06. The summed E-state index contributed by atoms with van der Waals surface area (Å²) in [5.41, 5.74) is -0.741. The van der Waals surface area contributed by atoms with Crippen LogP contribution in [0.15, 0.2) is 24.3 Å². The molecular formula is C10H10FO2-. The fourth-order valence-corrected chi connectivity index (χ4v) is 0.995. The number of hydrogen-bond acceptors (Lipinski definition) is 2. The van der Waals surface area contributed by atoms with E-state index in [-0.39, 0.29) is 0 Å². The normalized spacial score (nSPS) is 11.3. The number of carbonyl (C=O) groups excluding carboxylic acids is 1. The van der Waals surface area contributed by atoms with Crippen molar-refractivity contribution in [3.8, 4) is 0 Å². The number of benzene rings is 1. The van der Waals surface area contributed by atoms with E-state index < -0.39 is 17.2 Å². The van der Waals surface area contributed by atoms with Gasteiger partial charge < -0.3 is 9.90 Å². The van der Waals surface area contributed by atoms with Crippen molar-refractivity contribution in [2.45, 2.75) is 19.3 Å². The van der Waals surface area contributed by atoms with Crippen LogP contribution in [0.4, 0.5) is 4.39 Å². The van der Waals surface area contributed by atoms with Crippen LogP contribution in [0.5, 0.6) is 0 Å². The Morgan fingerprint density at radius 3 is 2.54 bits per heavy atom. The maximum Gasteiger partial charge on any atom is 0.123 e. The molecule has 0 heterocycles. The van der Waals surface area contributed by atoms with Crippen LogP contribution in [0.1, 0.15) is 19.4 Å². The molecule has 70 valence electrons. The fourth-order valence-electron chi connectivity index (χ4n) is 0.995. The summed E-state index contributed by atoms with van der Waals surface area (Å²) in [5.74, 6) is -1.65. The van der Waals surface area contributed by atoms with Gasteiger partial charge in [-0.15, -0.1) is 0 Å². The van der Waals surface area contributed by atoms with Gasteiger partial charge in [0.15, 0.2) is 0 Å². The molecular weight excluding hydrogens is 171 g/mol. The molecule has 13 heavy (non-hydrogen) atoms. The Hall–Kier alpha value is -1.38. The van der Waals surface area contributed by atoms with Gasteiger partial charge in [-0.05, 0) is 17.7 Å². The summed E-state index contributed by atoms with van der Waals surface area (Å²) < 4.78 is 12.7. The molecule has 0 saturated heterocycles. The lowest BCUT2D eigenvalue weighted by molar-refractivity contribution is -0.312. The minimum atomic E-state index is -1.21. The van der Waals surface area contributed by atoms with Gasteiger partial charge >= 0.3 is 0 Å². The first-order chi connectivity index (χ1) is 5.94. The van der Waals surface area contributed by atoms with Gasteiger partial charge in [-0.25, -0.2) is 4.39 Å². The summed E-state index contributed by atoms with van der Waals surface area (Å²) >= 11 is 0. The molecule has 1 aromatic carbocycles. The van der Waals surface area contributed by atoms with E-state index in [1.54, 1.807) is 6.07 Å². The van der Waals surface area contributed by atoms with Crippen LogP contribution in [-0.4, -0.2) is 5.97 Å². The Bertz CT molecular complexity index is 331. The summed E-state index contributed by atoms with van der Waals surface area (Å²) in [6.45, 7) is 2.97. The molecule has 0 spiro atoms. The molecule has 3 heteroatoms. The van der Waals surface area contributed by atoms with Crippen LogP contribution in [-0.2, 0) is 10.2 Å². The summed E-state index contributed by atoms with van der Waals surface area (Å²) in [6.07, 6.45) is 0. The molecule has 0 aromatic heterocycles. The minimum absolute atomic E-state index is 0.410. The zero-order valence-corrected chi connectivity index (χ0v) is 7.50. The highest BCUT2D eigenvalue weighted by Crippen LogP contribution is 2.22. The van der Waals surface area contributed by atoms with Crippen molar-refractivity contribution in [1.29, 1.82) is 0 Å². The van der Waals surface area contributed by atoms with Crippen molar-refractivity contribution in [1.82, 2.24) is 0 Å². The first-order valence-electron chi connectivity index (χ1n) is 3.92. The number of hydrogen-bond donors (Lipinski definition) is 0. The van der Waals surface area contributed by atoms with E-state index >= 15 is 0 Å². The largest absolute Gasteiger partial charge is 0.549 e. The predicted molar refractivity (Wildman–Crippen MR) is 44.4 cm³/mol. The average Bonchev–Trinajstić information content (AvgIpc) is 2.04. The van der Waals surface area contributed by atoms with Gasteiger partial charge in [-0.1, -0.05) is 26.0 Å². The molecule has 0 radical (unpaired) electrons. The van der Waals surface area contributed by atoms with Crippen molar-refractivity contribution in [3.05, 3.63) is 35.6 Å². The topological polar surface area (TPSA) is 40.1 Å². The third kappa shape index (κ3) is 1.86. The first kappa shape index (κ1) is 9.71. The molecule has 0 aliphatic carbocycles. The summed E-state index contributed by atoms with van der Waals surface area (Å²) in [6, 6.07) is 5.53. The monoisotopic (exact) mass is 181 g/mol. The minimum Gasteiger partial charge on any atom is -0.549 e. The molecule has 2 nitrogen and oxygen atoms in total. The SMILES string of the molecule is CC(C)(C(=O)[O-])c1cccc(F)c1. The van der Waals surface area contributed by atoms with Crippen LogP contribution in [0.25, 0.3) is 0 Å². The van der Waals surface area contributed by atoms with E-state index in [1.165, 1.54) is 32.0 Å². The van der Waals surface area contributed by atoms with Crippen LogP contribution in [0, 0.1) is 5.82 Å². The molecule has 0 aliphatic heterocycles. The fraction of sp³-hybridized carbons (Fsp3) is 0.300. The molecule has 0 N–H and O–H groups in total. The number of aliphatic carboxylic acids is 1. The van der Waals surface area contributed by atoms with Gasteiger partial charge in [-0.2, -0.15) is 0 Å². The molecule has 0 saturated carbocycles. The van der Waals surface area contributed by atoms with Crippen molar-refractivity contribution >= 4 is 5.97 Å². The van der Waals surface area contributed by atoms with Gasteiger partial charge in [0.25, 0.3) is 0 Å². The van der Waals surface area contributed by atoms with Crippen molar-refractivity contribution < 1.29 is 14.3 Å². The van der Waals surface area contributed by atoms with Crippen molar-refractivity contribution in [2.24, 2.45) is 0 Å². The number of rotatable bonds is 2. The molecule has 0 fully saturated rings. The summed E-state index contributed by atoms with van der Waals surface area (Å²) in [7, 11) is 0. The smallest absolute Gasteiger partial charge is 0.123 e. The predicted octanol–water partition coefficient (Wildman–Crippen LogP) is 0.853. The zero-order chi connectivity index (χ0) is 10.1. The summed E-state index contributed by atoms with van der Waals surface area (Å²) in [5, 5.41) is 10.7. The molecule has 0 aliphatic rings. The molecule has 1 rings (SSSR count). The molecule has 0 bridgehead atoms. The van der Waals surface area contributed by atoms with Crippen molar-refractivity contribution in [3.63, 3.8) is 0 Å². The number of carbonyl (C=O) groups is 1. The maximum atomic E-state index is 12.7. The Morgan fingerprint density at radius 1 is 1.46 bits per heavy atom. The Balaban J connectivity index is 3.14. The van der Waals surface area contributed by atoms with E-state index in [2.05, 4.69) is 0 Å². The van der Waals surface area contributed by atoms with Crippen LogP contribution in [0.2, 0.25) is 0 Å². The van der Waals surface area contributed by atoms with E-state index in [0.717, 1.165) is 0 Å². The lowest BCUT2D eigenvalue weighted by atomic mass is 9.85. The maximum absolute atomic E-state index is 12.7. The zero-order valence-electron chi connectivity index (χ0n) is 7.50. The van der Waals surface area contributed by atoms with E-state index in [9.17, 15) is 14.3 Å². The van der Waals surface area contributed by atoms with E-state index in [0.29, 0.717) is 5.56 Å². The van der Waals surface area contributed by atoms with Crippen LogP contribution >= 0.6 is 0 Å². The highest BCUT2D eigenvalue weighted by molar-refractivity contribution is 5.78. The number of carboxylic acid groups (broad SMARTS) is 1. The molecule has 1 aromatic rings. The Labute approximate surface area is 76.0 Å². The van der Waals surface area contributed by atoms with Crippen LogP contribution in [0.3, 0.4) is 0 Å². The number of halogens is 1. The first-order valence-corrected chi connectivity index (χ1v) is 3.92. The van der Waals surface area contributed by atoms with Gasteiger partial charge in [0.1, 0.15) is 5.82 Å². The lowest BCUT2D eigenvalue weighted by Crippen LogP contribution is -2.41. The second-order valence-corrected chi connectivity index (χ2v) is 3.42. The van der Waals surface area contributed by atoms with E-state index in [1.807, 2.05) is 0 Å². The van der Waals surface area contributed by atoms with Gasteiger partial charge in [0.05, 0.1) is 5.97 Å². The summed E-state index contributed by atoms with van der Waals surface area (Å²) in [4.78, 5) is 10.7. The van der Waals surface area contributed by atoms with Crippen molar-refractivity contribution in [2.75, 3.05) is 0 Å². The molecule has 0 amide bonds. The van der Waals surface area contributed by atoms with Crippen LogP contribution < -0.4 is 5.11 Å². The lowest BCUT2D eigenvalue weighted by Gasteiger charge is -2.26. The number of carboxylic acids is 1. The Morgan fingerprint density at radius 2 is 2.08 bits per heavy atom. The highest BCUT2D eigenvalue weighted by atomic mass is 19.1. The third-order valence-electron chi connectivity index (χ3n) is 2.06. The highest BCUT2D eigenvalue weighted by Gasteiger charge is 2.22. The second kappa shape index (κ2) is 3.17. The standard InChI is InChI=1S/C10H11FO2/c1-10(2,9(12)13)7-4-3-5-8(11)6-7/h3-6H,1-2H3,(H,12,13)/p-1. The Kier molecular flexibility index (Phi) is 2.36.